The predicted octanol–water partition coefficient (Wildman–Crippen LogP) is 3.49. The van der Waals surface area contributed by atoms with Gasteiger partial charge in [0.2, 0.25) is 0 Å². The normalized spacial score (nSPS) is 14.8. The molecule has 0 aliphatic carbocycles. The highest BCUT2D eigenvalue weighted by Crippen LogP contribution is 2.30. The number of benzene rings is 1. The molecule has 6 nitrogen and oxygen atoms in total. The van der Waals surface area contributed by atoms with E-state index in [1.54, 1.807) is 28.0 Å². The number of thiophene rings is 1. The summed E-state index contributed by atoms with van der Waals surface area (Å²) in [7, 11) is 0. The number of rotatable bonds is 5. The highest BCUT2D eigenvalue weighted by atomic mass is 32.1. The molecule has 0 N–H and O–H groups in total. The third-order valence-corrected chi connectivity index (χ3v) is 6.66. The van der Waals surface area contributed by atoms with Gasteiger partial charge in [0.05, 0.1) is 29.0 Å². The molecule has 7 heteroatoms. The molecule has 5 rings (SSSR count). The summed E-state index contributed by atoms with van der Waals surface area (Å²) in [4.78, 5) is 30.5. The molecule has 0 saturated carbocycles. The molecule has 4 heterocycles. The van der Waals surface area contributed by atoms with E-state index in [-0.39, 0.29) is 11.5 Å². The SMILES string of the molecule is O=C(c1cn2c(=O)cccc2c2sccc12)N(CCN1CCOCC1)c1ccccc1. The largest absolute Gasteiger partial charge is 0.379 e. The monoisotopic (exact) mass is 433 g/mol. The summed E-state index contributed by atoms with van der Waals surface area (Å²) in [6.45, 7) is 4.53. The molecular formula is C24H23N3O3S. The van der Waals surface area contributed by atoms with Crippen molar-refractivity contribution in [2.24, 2.45) is 0 Å². The molecule has 31 heavy (non-hydrogen) atoms. The fourth-order valence-electron chi connectivity index (χ4n) is 4.08. The van der Waals surface area contributed by atoms with Crippen LogP contribution in [0.3, 0.4) is 0 Å². The number of para-hydroxylation sites is 1. The number of fused-ring (bicyclic) bond motifs is 3. The molecule has 1 amide bonds. The van der Waals surface area contributed by atoms with Gasteiger partial charge in [-0.15, -0.1) is 11.3 Å². The number of amides is 1. The Morgan fingerprint density at radius 3 is 2.65 bits per heavy atom. The standard InChI is InChI=1S/C24H23N3O3S/c28-22-8-4-7-21-23-19(9-16-31-23)20(17-27(21)22)24(29)26(18-5-2-1-3-6-18)11-10-25-12-14-30-15-13-25/h1-9,16-17H,10-15H2. The molecule has 4 aromatic rings. The van der Waals surface area contributed by atoms with Crippen LogP contribution in [0.1, 0.15) is 10.4 Å². The van der Waals surface area contributed by atoms with Crippen LogP contribution in [0.2, 0.25) is 0 Å². The smallest absolute Gasteiger partial charge is 0.260 e. The van der Waals surface area contributed by atoms with Gasteiger partial charge in [-0.05, 0) is 29.6 Å². The Kier molecular flexibility index (Phi) is 5.55. The molecule has 158 valence electrons. The highest BCUT2D eigenvalue weighted by molar-refractivity contribution is 7.18. The lowest BCUT2D eigenvalue weighted by Crippen LogP contribution is -2.43. The number of hydrogen-bond acceptors (Lipinski definition) is 5. The van der Waals surface area contributed by atoms with Gasteiger partial charge in [-0.1, -0.05) is 24.3 Å². The third kappa shape index (κ3) is 3.87. The van der Waals surface area contributed by atoms with Crippen molar-refractivity contribution in [3.8, 4) is 0 Å². The Morgan fingerprint density at radius 2 is 1.84 bits per heavy atom. The topological polar surface area (TPSA) is 54.3 Å². The van der Waals surface area contributed by atoms with Gasteiger partial charge in [-0.2, -0.15) is 0 Å². The number of nitrogens with zero attached hydrogens (tertiary/aromatic N) is 3. The fourth-order valence-corrected chi connectivity index (χ4v) is 5.01. The van der Waals surface area contributed by atoms with Crippen molar-refractivity contribution in [2.75, 3.05) is 44.3 Å². The van der Waals surface area contributed by atoms with Crippen LogP contribution < -0.4 is 10.5 Å². The molecule has 1 aliphatic heterocycles. The zero-order chi connectivity index (χ0) is 21.2. The van der Waals surface area contributed by atoms with E-state index in [1.807, 2.05) is 52.7 Å². The van der Waals surface area contributed by atoms with Gasteiger partial charge >= 0.3 is 0 Å². The Bertz CT molecular complexity index is 1280. The highest BCUT2D eigenvalue weighted by Gasteiger charge is 2.23. The number of anilines is 1. The van der Waals surface area contributed by atoms with E-state index >= 15 is 0 Å². The summed E-state index contributed by atoms with van der Waals surface area (Å²) < 4.78 is 7.98. The number of aromatic nitrogens is 1. The van der Waals surface area contributed by atoms with Crippen LogP contribution in [-0.2, 0) is 4.74 Å². The number of morpholine rings is 1. The van der Waals surface area contributed by atoms with Crippen LogP contribution >= 0.6 is 11.3 Å². The van der Waals surface area contributed by atoms with Crippen LogP contribution in [0.25, 0.3) is 15.6 Å². The molecule has 3 aromatic heterocycles. The van der Waals surface area contributed by atoms with Crippen molar-refractivity contribution < 1.29 is 9.53 Å². The first kappa shape index (κ1) is 19.9. The summed E-state index contributed by atoms with van der Waals surface area (Å²) in [5.41, 5.74) is 2.09. The first-order chi connectivity index (χ1) is 15.2. The lowest BCUT2D eigenvalue weighted by atomic mass is 10.1. The van der Waals surface area contributed by atoms with Gasteiger partial charge in [0.25, 0.3) is 11.5 Å². The summed E-state index contributed by atoms with van der Waals surface area (Å²) in [6.07, 6.45) is 1.69. The molecule has 1 aromatic carbocycles. The van der Waals surface area contributed by atoms with Gasteiger partial charge in [-0.3, -0.25) is 18.9 Å². The van der Waals surface area contributed by atoms with Gasteiger partial charge in [-0.25, -0.2) is 0 Å². The second-order valence-corrected chi connectivity index (χ2v) is 8.49. The van der Waals surface area contributed by atoms with Gasteiger partial charge in [0, 0.05) is 49.5 Å². The Hall–Kier alpha value is -3.00. The van der Waals surface area contributed by atoms with Crippen LogP contribution in [0.4, 0.5) is 5.69 Å². The fraction of sp³-hybridized carbons (Fsp3) is 0.250. The molecule has 1 aliphatic rings. The maximum Gasteiger partial charge on any atom is 0.260 e. The van der Waals surface area contributed by atoms with Crippen molar-refractivity contribution in [3.63, 3.8) is 0 Å². The van der Waals surface area contributed by atoms with Crippen molar-refractivity contribution in [2.45, 2.75) is 0 Å². The maximum absolute atomic E-state index is 13.9. The van der Waals surface area contributed by atoms with Crippen LogP contribution in [0, 0.1) is 0 Å². The molecule has 0 radical (unpaired) electrons. The van der Waals surface area contributed by atoms with E-state index in [4.69, 9.17) is 4.74 Å². The average Bonchev–Trinajstić information content (AvgIpc) is 3.31. The van der Waals surface area contributed by atoms with E-state index in [1.165, 1.54) is 6.07 Å². The molecule has 0 spiro atoms. The molecule has 1 saturated heterocycles. The van der Waals surface area contributed by atoms with Gasteiger partial charge in [0.1, 0.15) is 0 Å². The summed E-state index contributed by atoms with van der Waals surface area (Å²) in [5, 5.41) is 2.85. The molecule has 0 atom stereocenters. The van der Waals surface area contributed by atoms with Crippen molar-refractivity contribution in [1.82, 2.24) is 9.30 Å². The summed E-state index contributed by atoms with van der Waals surface area (Å²) in [5.74, 6) is -0.0967. The molecule has 0 bridgehead atoms. The zero-order valence-electron chi connectivity index (χ0n) is 17.1. The number of carbonyl (C=O) groups is 1. The van der Waals surface area contributed by atoms with E-state index in [9.17, 15) is 9.59 Å². The lowest BCUT2D eigenvalue weighted by molar-refractivity contribution is 0.0391. The number of ether oxygens (including phenoxy) is 1. The second kappa shape index (κ2) is 8.63. The first-order valence-corrected chi connectivity index (χ1v) is 11.3. The Labute approximate surface area is 183 Å². The summed E-state index contributed by atoms with van der Waals surface area (Å²) >= 11 is 1.55. The third-order valence-electron chi connectivity index (χ3n) is 5.72. The van der Waals surface area contributed by atoms with Gasteiger partial charge < -0.3 is 9.64 Å². The van der Waals surface area contributed by atoms with Crippen molar-refractivity contribution >= 4 is 38.5 Å². The number of pyridine rings is 2. The van der Waals surface area contributed by atoms with E-state index in [0.29, 0.717) is 12.1 Å². The minimum Gasteiger partial charge on any atom is -0.379 e. The second-order valence-electron chi connectivity index (χ2n) is 7.57. The van der Waals surface area contributed by atoms with E-state index < -0.39 is 0 Å². The van der Waals surface area contributed by atoms with E-state index in [2.05, 4.69) is 4.90 Å². The number of hydrogen-bond donors (Lipinski definition) is 0. The molecule has 1 fully saturated rings. The van der Waals surface area contributed by atoms with Gasteiger partial charge in [0.15, 0.2) is 0 Å². The van der Waals surface area contributed by atoms with Crippen LogP contribution in [-0.4, -0.2) is 54.6 Å². The van der Waals surface area contributed by atoms with E-state index in [0.717, 1.165) is 54.1 Å². The minimum absolute atomic E-state index is 0.0967. The maximum atomic E-state index is 13.9. The Balaban J connectivity index is 1.57. The van der Waals surface area contributed by atoms with Crippen LogP contribution in [0.15, 0.2) is 71.0 Å². The van der Waals surface area contributed by atoms with Crippen LogP contribution in [0.5, 0.6) is 0 Å². The van der Waals surface area contributed by atoms with Crippen molar-refractivity contribution in [3.05, 3.63) is 82.1 Å². The summed E-state index contributed by atoms with van der Waals surface area (Å²) in [6, 6.07) is 16.9. The molecular weight excluding hydrogens is 410 g/mol. The predicted molar refractivity (Wildman–Crippen MR) is 124 cm³/mol. The Morgan fingerprint density at radius 1 is 1.03 bits per heavy atom. The molecule has 0 unspecified atom stereocenters. The number of carbonyl (C=O) groups excluding carboxylic acids is 1. The average molecular weight is 434 g/mol. The quantitative estimate of drug-likeness (QED) is 0.484. The minimum atomic E-state index is -0.138. The van der Waals surface area contributed by atoms with Crippen molar-refractivity contribution in [1.29, 1.82) is 0 Å². The zero-order valence-corrected chi connectivity index (χ0v) is 17.9. The first-order valence-electron chi connectivity index (χ1n) is 10.4. The lowest BCUT2D eigenvalue weighted by Gasteiger charge is -2.30.